The number of nitrogens with one attached hydrogen (secondary N) is 1. The van der Waals surface area contributed by atoms with E-state index in [1.807, 2.05) is 0 Å². The lowest BCUT2D eigenvalue weighted by atomic mass is 10.0. The normalized spacial score (nSPS) is 13.8. The summed E-state index contributed by atoms with van der Waals surface area (Å²) in [7, 11) is 0. The van der Waals surface area contributed by atoms with Crippen LogP contribution in [-0.2, 0) is 11.3 Å². The van der Waals surface area contributed by atoms with Gasteiger partial charge in [-0.1, -0.05) is 38.1 Å². The number of benzene rings is 2. The van der Waals surface area contributed by atoms with Crippen LogP contribution >= 0.6 is 0 Å². The largest absolute Gasteiger partial charge is 0.325 e. The first-order valence-electron chi connectivity index (χ1n) is 9.66. The van der Waals surface area contributed by atoms with E-state index in [0.29, 0.717) is 24.1 Å². The Morgan fingerprint density at radius 1 is 1.04 bits per heavy atom. The Labute approximate surface area is 161 Å². The fraction of sp³-hybridized carbons (Fsp3) is 0.391. The molecule has 0 aliphatic heterocycles. The third kappa shape index (κ3) is 5.51. The monoisotopic (exact) mass is 364 g/mol. The predicted molar refractivity (Wildman–Crippen MR) is 109 cm³/mol. The molecule has 0 aromatic heterocycles. The quantitative estimate of drug-likeness (QED) is 0.696. The summed E-state index contributed by atoms with van der Waals surface area (Å²) in [5.41, 5.74) is 3.95. The fourth-order valence-electron chi connectivity index (χ4n) is 3.17. The number of hydrogen-bond acceptors (Lipinski definition) is 3. The third-order valence-corrected chi connectivity index (χ3v) is 5.02. The van der Waals surface area contributed by atoms with E-state index in [1.165, 1.54) is 18.1 Å². The Kier molecular flexibility index (Phi) is 6.07. The van der Waals surface area contributed by atoms with Crippen LogP contribution < -0.4 is 5.32 Å². The van der Waals surface area contributed by atoms with E-state index in [-0.39, 0.29) is 11.7 Å². The van der Waals surface area contributed by atoms with Gasteiger partial charge in [0.1, 0.15) is 0 Å². The van der Waals surface area contributed by atoms with Crippen LogP contribution in [0.25, 0.3) is 0 Å². The highest BCUT2D eigenvalue weighted by Gasteiger charge is 2.30. The van der Waals surface area contributed by atoms with Crippen LogP contribution in [-0.4, -0.2) is 29.2 Å². The SMILES string of the molecule is CC(=O)c1ccc(NC(=O)CN(Cc2ccc(C(C)C)cc2)C2CC2)cc1. The number of carbonyl (C=O) groups is 2. The minimum absolute atomic E-state index is 0.0173. The molecule has 0 spiro atoms. The number of Topliss-reactive ketones (excluding diaryl/α,β-unsaturated/α-hetero) is 1. The topological polar surface area (TPSA) is 49.4 Å². The molecule has 0 radical (unpaired) electrons. The average Bonchev–Trinajstić information content (AvgIpc) is 3.47. The minimum atomic E-state index is -0.0173. The molecule has 1 aliphatic carbocycles. The smallest absolute Gasteiger partial charge is 0.238 e. The van der Waals surface area contributed by atoms with Gasteiger partial charge in [0.25, 0.3) is 0 Å². The highest BCUT2D eigenvalue weighted by Crippen LogP contribution is 2.28. The maximum Gasteiger partial charge on any atom is 0.238 e. The van der Waals surface area contributed by atoms with Crippen LogP contribution in [0, 0.1) is 0 Å². The summed E-state index contributed by atoms with van der Waals surface area (Å²) in [5, 5.41) is 2.94. The molecule has 3 rings (SSSR count). The first kappa shape index (κ1) is 19.3. The van der Waals surface area contributed by atoms with E-state index >= 15 is 0 Å². The fourth-order valence-corrected chi connectivity index (χ4v) is 3.17. The molecule has 1 saturated carbocycles. The number of anilines is 1. The summed E-state index contributed by atoms with van der Waals surface area (Å²) in [4.78, 5) is 26.1. The summed E-state index contributed by atoms with van der Waals surface area (Å²) in [6, 6.07) is 16.2. The van der Waals surface area contributed by atoms with Gasteiger partial charge in [0, 0.05) is 23.8 Å². The van der Waals surface area contributed by atoms with E-state index in [9.17, 15) is 9.59 Å². The van der Waals surface area contributed by atoms with Gasteiger partial charge in [-0.25, -0.2) is 0 Å². The van der Waals surface area contributed by atoms with Crippen molar-refractivity contribution < 1.29 is 9.59 Å². The van der Waals surface area contributed by atoms with Crippen molar-refractivity contribution in [2.75, 3.05) is 11.9 Å². The van der Waals surface area contributed by atoms with Crippen molar-refractivity contribution in [3.63, 3.8) is 0 Å². The van der Waals surface area contributed by atoms with Crippen molar-refractivity contribution in [2.24, 2.45) is 0 Å². The van der Waals surface area contributed by atoms with Crippen molar-refractivity contribution in [2.45, 2.75) is 52.1 Å². The molecule has 2 aromatic carbocycles. The molecule has 27 heavy (non-hydrogen) atoms. The highest BCUT2D eigenvalue weighted by molar-refractivity contribution is 5.96. The van der Waals surface area contributed by atoms with Crippen molar-refractivity contribution in [1.29, 1.82) is 0 Å². The first-order valence-corrected chi connectivity index (χ1v) is 9.66. The second-order valence-electron chi connectivity index (χ2n) is 7.71. The van der Waals surface area contributed by atoms with Crippen molar-refractivity contribution in [1.82, 2.24) is 4.90 Å². The zero-order valence-electron chi connectivity index (χ0n) is 16.4. The molecule has 142 valence electrons. The number of nitrogens with zero attached hydrogens (tertiary/aromatic N) is 1. The van der Waals surface area contributed by atoms with Gasteiger partial charge in [0.15, 0.2) is 5.78 Å². The minimum Gasteiger partial charge on any atom is -0.325 e. The second-order valence-corrected chi connectivity index (χ2v) is 7.71. The van der Waals surface area contributed by atoms with Crippen LogP contribution in [0.1, 0.15) is 61.0 Å². The third-order valence-electron chi connectivity index (χ3n) is 5.02. The summed E-state index contributed by atoms with van der Waals surface area (Å²) >= 11 is 0. The maximum atomic E-state index is 12.5. The Bertz CT molecular complexity index is 790. The van der Waals surface area contributed by atoms with E-state index in [0.717, 1.165) is 25.1 Å². The summed E-state index contributed by atoms with van der Waals surface area (Å²) < 4.78 is 0. The van der Waals surface area contributed by atoms with Gasteiger partial charge in [-0.05, 0) is 61.1 Å². The zero-order valence-corrected chi connectivity index (χ0v) is 16.4. The molecule has 4 heteroatoms. The van der Waals surface area contributed by atoms with Gasteiger partial charge in [-0.2, -0.15) is 0 Å². The van der Waals surface area contributed by atoms with E-state index in [4.69, 9.17) is 0 Å². The molecule has 0 unspecified atom stereocenters. The standard InChI is InChI=1S/C23H28N2O2/c1-16(2)19-6-4-18(5-7-19)14-25(22-12-13-22)15-23(27)24-21-10-8-20(9-11-21)17(3)26/h4-11,16,22H,12-15H2,1-3H3,(H,24,27). The molecule has 0 atom stereocenters. The molecule has 0 saturated heterocycles. The molecule has 1 N–H and O–H groups in total. The van der Waals surface area contributed by atoms with Crippen LogP contribution in [0.2, 0.25) is 0 Å². The second kappa shape index (κ2) is 8.49. The van der Waals surface area contributed by atoms with Gasteiger partial charge in [0.2, 0.25) is 5.91 Å². The molecule has 0 heterocycles. The first-order chi connectivity index (χ1) is 12.9. The lowest BCUT2D eigenvalue weighted by Gasteiger charge is -2.22. The molecule has 0 bridgehead atoms. The van der Waals surface area contributed by atoms with Gasteiger partial charge in [0.05, 0.1) is 6.54 Å². The van der Waals surface area contributed by atoms with Crippen LogP contribution in [0.15, 0.2) is 48.5 Å². The molecule has 2 aromatic rings. The van der Waals surface area contributed by atoms with Crippen molar-refractivity contribution in [3.05, 3.63) is 65.2 Å². The number of ketones is 1. The number of hydrogen-bond donors (Lipinski definition) is 1. The summed E-state index contributed by atoms with van der Waals surface area (Å²) in [6.45, 7) is 7.09. The summed E-state index contributed by atoms with van der Waals surface area (Å²) in [6.07, 6.45) is 2.31. The Morgan fingerprint density at radius 3 is 2.19 bits per heavy atom. The lowest BCUT2D eigenvalue weighted by molar-refractivity contribution is -0.117. The molecule has 4 nitrogen and oxygen atoms in total. The average molecular weight is 364 g/mol. The van der Waals surface area contributed by atoms with E-state index < -0.39 is 0 Å². The molecule has 1 aliphatic rings. The maximum absolute atomic E-state index is 12.5. The Balaban J connectivity index is 1.59. The van der Waals surface area contributed by atoms with Crippen molar-refractivity contribution >= 4 is 17.4 Å². The lowest BCUT2D eigenvalue weighted by Crippen LogP contribution is -2.34. The summed E-state index contributed by atoms with van der Waals surface area (Å²) in [5.74, 6) is 0.534. The Morgan fingerprint density at radius 2 is 1.67 bits per heavy atom. The molecule has 1 fully saturated rings. The van der Waals surface area contributed by atoms with Gasteiger partial charge in [-0.15, -0.1) is 0 Å². The van der Waals surface area contributed by atoms with Gasteiger partial charge in [-0.3, -0.25) is 14.5 Å². The zero-order chi connectivity index (χ0) is 19.4. The van der Waals surface area contributed by atoms with Crippen LogP contribution in [0.5, 0.6) is 0 Å². The van der Waals surface area contributed by atoms with E-state index in [1.54, 1.807) is 24.3 Å². The Hall–Kier alpha value is -2.46. The van der Waals surface area contributed by atoms with Gasteiger partial charge >= 0.3 is 0 Å². The van der Waals surface area contributed by atoms with Crippen molar-refractivity contribution in [3.8, 4) is 0 Å². The predicted octanol–water partition coefficient (Wildman–Crippen LogP) is 4.62. The van der Waals surface area contributed by atoms with Gasteiger partial charge < -0.3 is 5.32 Å². The van der Waals surface area contributed by atoms with E-state index in [2.05, 4.69) is 48.3 Å². The number of amides is 1. The molecular formula is C23H28N2O2. The van der Waals surface area contributed by atoms with Crippen LogP contribution in [0.3, 0.4) is 0 Å². The van der Waals surface area contributed by atoms with Crippen LogP contribution in [0.4, 0.5) is 5.69 Å². The molecule has 1 amide bonds. The molecular weight excluding hydrogens is 336 g/mol. The number of rotatable bonds is 8. The number of carbonyl (C=O) groups excluding carboxylic acids is 2. The highest BCUT2D eigenvalue weighted by atomic mass is 16.2.